The molecule has 198 valence electrons. The van der Waals surface area contributed by atoms with Gasteiger partial charge in [0.15, 0.2) is 0 Å². The Balaban J connectivity index is 0.911. The molecule has 0 spiro atoms. The predicted molar refractivity (Wildman–Crippen MR) is 136 cm³/mol. The van der Waals surface area contributed by atoms with E-state index in [-0.39, 0.29) is 12.0 Å². The lowest BCUT2D eigenvalue weighted by atomic mass is 9.55. The number of likely N-dealkylation sites (tertiary alicyclic amines) is 1. The van der Waals surface area contributed by atoms with Gasteiger partial charge in [-0.3, -0.25) is 0 Å². The van der Waals surface area contributed by atoms with Gasteiger partial charge in [0, 0.05) is 25.4 Å². The lowest BCUT2D eigenvalue weighted by molar-refractivity contribution is -0.465. The van der Waals surface area contributed by atoms with Gasteiger partial charge in [-0.25, -0.2) is 9.78 Å². The summed E-state index contributed by atoms with van der Waals surface area (Å²) in [4.78, 5) is 20.2. The number of nitrogens with zero attached hydrogens (tertiary/aromatic N) is 2. The summed E-state index contributed by atoms with van der Waals surface area (Å²) >= 11 is 0. The summed E-state index contributed by atoms with van der Waals surface area (Å²) in [6.07, 6.45) is 19.1. The molecular weight excluding hydrogens is 440 g/mol. The first-order chi connectivity index (χ1) is 17.0. The molecule has 5 aliphatic carbocycles. The lowest BCUT2D eigenvalue weighted by Crippen LogP contribution is -2.54. The molecule has 6 aliphatic rings. The normalized spacial score (nSPS) is 44.9. The van der Waals surface area contributed by atoms with Crippen molar-refractivity contribution in [2.45, 2.75) is 121 Å². The summed E-state index contributed by atoms with van der Waals surface area (Å²) < 4.78 is 0. The highest BCUT2D eigenvalue weighted by Gasteiger charge is 2.54. The summed E-state index contributed by atoms with van der Waals surface area (Å²) in [7, 11) is 2.18. The zero-order valence-electron chi connectivity index (χ0n) is 21.9. The van der Waals surface area contributed by atoms with Crippen molar-refractivity contribution in [2.24, 2.45) is 40.7 Å². The van der Waals surface area contributed by atoms with Crippen molar-refractivity contribution in [3.63, 3.8) is 0 Å². The number of piperidine rings is 1. The highest BCUT2D eigenvalue weighted by Crippen LogP contribution is 2.56. The van der Waals surface area contributed by atoms with Crippen LogP contribution in [0.5, 0.6) is 0 Å². The fourth-order valence-electron chi connectivity index (χ4n) is 8.66. The molecule has 5 saturated carbocycles. The monoisotopic (exact) mass is 488 g/mol. The van der Waals surface area contributed by atoms with Crippen LogP contribution in [-0.2, 0) is 14.6 Å². The molecule has 6 rings (SSSR count). The summed E-state index contributed by atoms with van der Waals surface area (Å²) in [6, 6.07) is 0. The Morgan fingerprint density at radius 3 is 2.26 bits per heavy atom. The smallest absolute Gasteiger partial charge is 0.202 e. The van der Waals surface area contributed by atoms with E-state index in [4.69, 9.17) is 14.6 Å². The third-order valence-corrected chi connectivity index (χ3v) is 11.0. The maximum Gasteiger partial charge on any atom is 0.202 e. The molecule has 1 N–H and O–H groups in total. The molecule has 5 atom stereocenters. The molecule has 6 fully saturated rings. The quantitative estimate of drug-likeness (QED) is 0.296. The molecule has 4 unspecified atom stereocenters. The van der Waals surface area contributed by atoms with Crippen LogP contribution in [0.2, 0.25) is 0 Å². The van der Waals surface area contributed by atoms with Crippen molar-refractivity contribution in [1.29, 1.82) is 0 Å². The maximum atomic E-state index is 11.4. The largest absolute Gasteiger partial charge is 0.392 e. The molecule has 0 radical (unpaired) electrons. The second-order valence-electron chi connectivity index (χ2n) is 13.2. The SMILES string of the molecule is CN1CCC(ON=C2CCC(C3CCC(OO[C@@]4(O)CC5CCC6CC5CC4C6)CC3)CC2)CC1. The van der Waals surface area contributed by atoms with Gasteiger partial charge >= 0.3 is 0 Å². The second kappa shape index (κ2) is 10.6. The van der Waals surface area contributed by atoms with Gasteiger partial charge in [0.2, 0.25) is 5.79 Å². The molecule has 1 saturated heterocycles. The van der Waals surface area contributed by atoms with E-state index < -0.39 is 5.79 Å². The Morgan fingerprint density at radius 2 is 1.49 bits per heavy atom. The van der Waals surface area contributed by atoms with Crippen LogP contribution < -0.4 is 0 Å². The van der Waals surface area contributed by atoms with Gasteiger partial charge in [-0.1, -0.05) is 11.6 Å². The van der Waals surface area contributed by atoms with Crippen LogP contribution in [-0.4, -0.2) is 53.9 Å². The van der Waals surface area contributed by atoms with Crippen LogP contribution >= 0.6 is 0 Å². The van der Waals surface area contributed by atoms with E-state index in [2.05, 4.69) is 17.1 Å². The first-order valence-electron chi connectivity index (χ1n) is 15.0. The van der Waals surface area contributed by atoms with Gasteiger partial charge in [0.25, 0.3) is 0 Å². The number of rotatable bonds is 6. The summed E-state index contributed by atoms with van der Waals surface area (Å²) in [5.74, 6) is 3.14. The highest BCUT2D eigenvalue weighted by molar-refractivity contribution is 5.84. The van der Waals surface area contributed by atoms with Gasteiger partial charge in [-0.2, -0.15) is 0 Å². The first kappa shape index (κ1) is 24.6. The molecule has 6 nitrogen and oxygen atoms in total. The third kappa shape index (κ3) is 5.61. The number of hydrogen-bond acceptors (Lipinski definition) is 6. The highest BCUT2D eigenvalue weighted by atomic mass is 17.2. The van der Waals surface area contributed by atoms with E-state index in [1.807, 2.05) is 0 Å². The van der Waals surface area contributed by atoms with Crippen molar-refractivity contribution in [3.05, 3.63) is 0 Å². The fourth-order valence-corrected chi connectivity index (χ4v) is 8.66. The molecular formula is C29H48N2O4. The number of aliphatic hydroxyl groups is 1. The minimum atomic E-state index is -1.04. The van der Waals surface area contributed by atoms with E-state index in [1.54, 1.807) is 0 Å². The molecule has 0 aromatic heterocycles. The zero-order chi connectivity index (χ0) is 23.8. The zero-order valence-corrected chi connectivity index (χ0v) is 21.9. The Labute approximate surface area is 212 Å². The van der Waals surface area contributed by atoms with Crippen molar-refractivity contribution in [1.82, 2.24) is 4.90 Å². The van der Waals surface area contributed by atoms with Gasteiger partial charge in [-0.05, 0) is 127 Å². The molecule has 1 aliphatic heterocycles. The van der Waals surface area contributed by atoms with E-state index in [1.165, 1.54) is 50.7 Å². The molecule has 1 heterocycles. The van der Waals surface area contributed by atoms with E-state index in [0.717, 1.165) is 94.5 Å². The predicted octanol–water partition coefficient (Wildman–Crippen LogP) is 5.69. The van der Waals surface area contributed by atoms with E-state index in [9.17, 15) is 5.11 Å². The molecule has 0 aromatic rings. The van der Waals surface area contributed by atoms with Crippen LogP contribution in [0.1, 0.15) is 103 Å². The number of hydrogen-bond donors (Lipinski definition) is 1. The topological polar surface area (TPSA) is 63.5 Å². The third-order valence-electron chi connectivity index (χ3n) is 11.0. The van der Waals surface area contributed by atoms with Crippen molar-refractivity contribution in [3.8, 4) is 0 Å². The fraction of sp³-hybridized carbons (Fsp3) is 0.966. The van der Waals surface area contributed by atoms with E-state index in [0.29, 0.717) is 12.0 Å². The number of fused-ring (bicyclic) bond motifs is 2. The standard InChI is InChI=1S/C29H48N2O4/c1-31-14-12-27(13-15-31)33-30-26-8-4-21(5-9-26)22-6-10-28(11-7-22)34-35-29(32)19-23-3-2-20-16-24(23)18-25(29)17-20/h20-25,27-28,32H,2-19H2,1H3/t20?,21?,22?,23?,24?,25?,28?,29-/m0/s1. The Bertz CT molecular complexity index is 733. The molecule has 6 heteroatoms. The van der Waals surface area contributed by atoms with Gasteiger partial charge < -0.3 is 14.8 Å². The summed E-state index contributed by atoms with van der Waals surface area (Å²) in [6.45, 7) is 2.24. The number of oxime groups is 1. The molecule has 3 bridgehead atoms. The minimum Gasteiger partial charge on any atom is -0.392 e. The van der Waals surface area contributed by atoms with Crippen LogP contribution in [0.3, 0.4) is 0 Å². The van der Waals surface area contributed by atoms with Crippen molar-refractivity contribution < 1.29 is 19.7 Å². The Hall–Kier alpha value is -0.690. The van der Waals surface area contributed by atoms with Crippen LogP contribution in [0.15, 0.2) is 5.16 Å². The van der Waals surface area contributed by atoms with Gasteiger partial charge in [0.05, 0.1) is 11.8 Å². The van der Waals surface area contributed by atoms with Crippen molar-refractivity contribution in [2.75, 3.05) is 20.1 Å². The molecule has 0 aromatic carbocycles. The van der Waals surface area contributed by atoms with Crippen LogP contribution in [0.4, 0.5) is 0 Å². The summed E-state index contributed by atoms with van der Waals surface area (Å²) in [5.41, 5.74) is 1.28. The van der Waals surface area contributed by atoms with E-state index >= 15 is 0 Å². The minimum absolute atomic E-state index is 0.150. The molecule has 0 amide bonds. The first-order valence-corrected chi connectivity index (χ1v) is 15.0. The average molecular weight is 489 g/mol. The summed E-state index contributed by atoms with van der Waals surface area (Å²) in [5, 5.41) is 16.0. The van der Waals surface area contributed by atoms with Crippen LogP contribution in [0.25, 0.3) is 0 Å². The maximum absolute atomic E-state index is 11.4. The molecule has 35 heavy (non-hydrogen) atoms. The Morgan fingerprint density at radius 1 is 0.771 bits per heavy atom. The second-order valence-corrected chi connectivity index (χ2v) is 13.2. The Kier molecular flexibility index (Phi) is 7.45. The average Bonchev–Trinajstić information content (AvgIpc) is 2.89. The lowest BCUT2D eigenvalue weighted by Gasteiger charge is -2.54. The van der Waals surface area contributed by atoms with Crippen molar-refractivity contribution >= 4 is 5.71 Å². The van der Waals surface area contributed by atoms with Crippen LogP contribution in [0, 0.1) is 35.5 Å². The van der Waals surface area contributed by atoms with Gasteiger partial charge in [0.1, 0.15) is 6.10 Å². The van der Waals surface area contributed by atoms with Gasteiger partial charge in [-0.15, -0.1) is 0 Å².